The standard InChI is InChI=1S/C29H22O10/c1-10-7-12-8-13-9-16(39-11(2)30)20-21(17(13)25(33)18(12)29(36)38-10)27(35)22-23(28(20)37-3)26(34)19-14(24(22)32)5-4-6-15(19)31/h4-6,8,10,16,31,33,35H,7,9H2,1-3H3/t10-,16?/m1/s1. The molecule has 0 saturated carbocycles. The van der Waals surface area contributed by atoms with Crippen molar-refractivity contribution in [2.75, 3.05) is 7.11 Å². The number of benzene rings is 3. The normalized spacial score (nSPS) is 18.7. The minimum absolute atomic E-state index is 0.0186. The average molecular weight is 530 g/mol. The molecule has 0 radical (unpaired) electrons. The van der Waals surface area contributed by atoms with Gasteiger partial charge in [-0.05, 0) is 24.1 Å². The average Bonchev–Trinajstić information content (AvgIpc) is 2.86. The van der Waals surface area contributed by atoms with Crippen LogP contribution in [0.15, 0.2) is 24.3 Å². The molecule has 1 aliphatic heterocycles. The molecule has 3 N–H and O–H groups in total. The Bertz CT molecular complexity index is 1680. The van der Waals surface area contributed by atoms with Crippen LogP contribution in [0.3, 0.4) is 0 Å². The summed E-state index contributed by atoms with van der Waals surface area (Å²) in [6.07, 6.45) is -1.15. The first kappa shape index (κ1) is 24.5. The smallest absolute Gasteiger partial charge is 0.342 e. The minimum Gasteiger partial charge on any atom is -0.507 e. The second-order valence-electron chi connectivity index (χ2n) is 9.79. The molecule has 0 aromatic heterocycles. The zero-order valence-electron chi connectivity index (χ0n) is 21.1. The topological polar surface area (TPSA) is 157 Å². The van der Waals surface area contributed by atoms with Crippen LogP contribution in [0.5, 0.6) is 23.0 Å². The van der Waals surface area contributed by atoms with Gasteiger partial charge in [0.2, 0.25) is 5.78 Å². The summed E-state index contributed by atoms with van der Waals surface area (Å²) in [6.45, 7) is 2.92. The number of aromatic hydroxyl groups is 3. The molecular weight excluding hydrogens is 508 g/mol. The molecule has 0 spiro atoms. The third-order valence-electron chi connectivity index (χ3n) is 7.41. The third-order valence-corrected chi connectivity index (χ3v) is 7.41. The van der Waals surface area contributed by atoms with Crippen molar-refractivity contribution in [2.24, 2.45) is 0 Å². The summed E-state index contributed by atoms with van der Waals surface area (Å²) in [6, 6.07) is 5.70. The number of ketones is 2. The van der Waals surface area contributed by atoms with Crippen LogP contribution < -0.4 is 4.74 Å². The summed E-state index contributed by atoms with van der Waals surface area (Å²) in [4.78, 5) is 52.2. The number of esters is 2. The van der Waals surface area contributed by atoms with Crippen molar-refractivity contribution < 1.29 is 48.7 Å². The van der Waals surface area contributed by atoms with Crippen molar-refractivity contribution in [3.63, 3.8) is 0 Å². The maximum atomic E-state index is 13.7. The second kappa shape index (κ2) is 8.32. The summed E-state index contributed by atoms with van der Waals surface area (Å²) in [5.41, 5.74) is -0.172. The number of ether oxygens (including phenoxy) is 3. The Morgan fingerprint density at radius 2 is 1.59 bits per heavy atom. The van der Waals surface area contributed by atoms with Gasteiger partial charge in [0.15, 0.2) is 5.78 Å². The largest absolute Gasteiger partial charge is 0.507 e. The van der Waals surface area contributed by atoms with E-state index in [1.165, 1.54) is 32.2 Å². The quantitative estimate of drug-likeness (QED) is 0.328. The van der Waals surface area contributed by atoms with Crippen molar-refractivity contribution in [3.05, 3.63) is 68.8 Å². The van der Waals surface area contributed by atoms with Gasteiger partial charge < -0.3 is 29.5 Å². The van der Waals surface area contributed by atoms with Crippen LogP contribution in [-0.4, -0.2) is 52.0 Å². The molecule has 1 heterocycles. The molecule has 3 aliphatic rings. The Morgan fingerprint density at radius 3 is 2.28 bits per heavy atom. The molecule has 0 fully saturated rings. The highest BCUT2D eigenvalue weighted by molar-refractivity contribution is 6.32. The molecule has 3 aromatic carbocycles. The van der Waals surface area contributed by atoms with Gasteiger partial charge in [-0.25, -0.2) is 4.79 Å². The van der Waals surface area contributed by atoms with Gasteiger partial charge in [0.05, 0.1) is 23.8 Å². The van der Waals surface area contributed by atoms with Crippen LogP contribution >= 0.6 is 0 Å². The number of carbonyl (C=O) groups is 4. The molecule has 10 nitrogen and oxygen atoms in total. The molecule has 6 rings (SSSR count). The van der Waals surface area contributed by atoms with E-state index in [0.29, 0.717) is 17.5 Å². The van der Waals surface area contributed by atoms with Gasteiger partial charge in [0.1, 0.15) is 40.8 Å². The number of methoxy groups -OCH3 is 1. The highest BCUT2D eigenvalue weighted by atomic mass is 16.5. The van der Waals surface area contributed by atoms with Gasteiger partial charge in [0, 0.05) is 42.0 Å². The SMILES string of the molecule is COc1c2c(c(O)c3c1C(OC(C)=O)Cc1cc4c(c(O)c1-3)C(=O)O[C@H](C)C4)C(=O)c1cccc(O)c1C2=O. The van der Waals surface area contributed by atoms with E-state index in [0.717, 1.165) is 0 Å². The summed E-state index contributed by atoms with van der Waals surface area (Å²) < 4.78 is 16.5. The van der Waals surface area contributed by atoms with Crippen molar-refractivity contribution in [1.82, 2.24) is 0 Å². The Kier molecular flexibility index (Phi) is 5.22. The lowest BCUT2D eigenvalue weighted by Gasteiger charge is -2.34. The first-order valence-corrected chi connectivity index (χ1v) is 12.2. The summed E-state index contributed by atoms with van der Waals surface area (Å²) in [7, 11) is 1.25. The van der Waals surface area contributed by atoms with E-state index in [9.17, 15) is 34.5 Å². The number of phenols is 3. The molecule has 0 saturated heterocycles. The van der Waals surface area contributed by atoms with E-state index in [1.807, 2.05) is 0 Å². The predicted molar refractivity (Wildman–Crippen MR) is 134 cm³/mol. The molecule has 0 bridgehead atoms. The summed E-state index contributed by atoms with van der Waals surface area (Å²) in [5.74, 6) is -4.62. The van der Waals surface area contributed by atoms with Crippen LogP contribution in [0, 0.1) is 0 Å². The fourth-order valence-corrected chi connectivity index (χ4v) is 5.98. The number of cyclic esters (lactones) is 1. The van der Waals surface area contributed by atoms with Crippen LogP contribution in [0.1, 0.15) is 78.8 Å². The van der Waals surface area contributed by atoms with Gasteiger partial charge >= 0.3 is 11.9 Å². The number of hydrogen-bond acceptors (Lipinski definition) is 10. The van der Waals surface area contributed by atoms with Crippen molar-refractivity contribution in [1.29, 1.82) is 0 Å². The van der Waals surface area contributed by atoms with Gasteiger partial charge in [-0.1, -0.05) is 18.2 Å². The Morgan fingerprint density at radius 1 is 0.897 bits per heavy atom. The molecule has 198 valence electrons. The lowest BCUT2D eigenvalue weighted by atomic mass is 9.74. The van der Waals surface area contributed by atoms with Gasteiger partial charge in [-0.3, -0.25) is 14.4 Å². The Labute approximate surface area is 221 Å². The first-order valence-electron chi connectivity index (χ1n) is 12.2. The lowest BCUT2D eigenvalue weighted by Crippen LogP contribution is -2.28. The maximum Gasteiger partial charge on any atom is 0.342 e. The number of hydrogen-bond donors (Lipinski definition) is 3. The number of phenolic OH excluding ortho intramolecular Hbond substituents is 3. The van der Waals surface area contributed by atoms with Gasteiger partial charge in [-0.15, -0.1) is 0 Å². The van der Waals surface area contributed by atoms with E-state index >= 15 is 0 Å². The minimum atomic E-state index is -1.07. The molecule has 10 heteroatoms. The van der Waals surface area contributed by atoms with Crippen molar-refractivity contribution in [3.8, 4) is 34.1 Å². The molecule has 0 amide bonds. The molecule has 3 aromatic rings. The maximum absolute atomic E-state index is 13.7. The highest BCUT2D eigenvalue weighted by Crippen LogP contribution is 2.57. The van der Waals surface area contributed by atoms with E-state index in [-0.39, 0.29) is 51.1 Å². The van der Waals surface area contributed by atoms with E-state index in [1.54, 1.807) is 13.0 Å². The third kappa shape index (κ3) is 3.27. The van der Waals surface area contributed by atoms with Gasteiger partial charge in [0.25, 0.3) is 0 Å². The molecule has 39 heavy (non-hydrogen) atoms. The fraction of sp³-hybridized carbons (Fsp3) is 0.241. The van der Waals surface area contributed by atoms with E-state index in [4.69, 9.17) is 14.2 Å². The Hall–Kier alpha value is -4.86. The monoisotopic (exact) mass is 530 g/mol. The van der Waals surface area contributed by atoms with Crippen LogP contribution in [-0.2, 0) is 27.1 Å². The van der Waals surface area contributed by atoms with Crippen LogP contribution in [0.2, 0.25) is 0 Å². The van der Waals surface area contributed by atoms with Crippen molar-refractivity contribution >= 4 is 23.5 Å². The molecule has 1 unspecified atom stereocenters. The van der Waals surface area contributed by atoms with Crippen molar-refractivity contribution in [2.45, 2.75) is 38.9 Å². The van der Waals surface area contributed by atoms with Crippen LogP contribution in [0.4, 0.5) is 0 Å². The highest BCUT2D eigenvalue weighted by Gasteiger charge is 2.45. The van der Waals surface area contributed by atoms with Gasteiger partial charge in [-0.2, -0.15) is 0 Å². The fourth-order valence-electron chi connectivity index (χ4n) is 5.98. The van der Waals surface area contributed by atoms with E-state index in [2.05, 4.69) is 0 Å². The summed E-state index contributed by atoms with van der Waals surface area (Å²) >= 11 is 0. The Balaban J connectivity index is 1.74. The molecule has 2 atom stereocenters. The number of fused-ring (bicyclic) bond motifs is 6. The van der Waals surface area contributed by atoms with E-state index < -0.39 is 58.5 Å². The van der Waals surface area contributed by atoms with Crippen LogP contribution in [0.25, 0.3) is 11.1 Å². The zero-order chi connectivity index (χ0) is 27.9. The number of rotatable bonds is 2. The molecule has 2 aliphatic carbocycles. The lowest BCUT2D eigenvalue weighted by molar-refractivity contribution is -0.146. The summed E-state index contributed by atoms with van der Waals surface area (Å²) in [5, 5.41) is 33.5. The second-order valence-corrected chi connectivity index (χ2v) is 9.79. The zero-order valence-corrected chi connectivity index (χ0v) is 21.1. The number of carbonyl (C=O) groups excluding carboxylic acids is 4. The first-order chi connectivity index (χ1) is 18.5. The predicted octanol–water partition coefficient (Wildman–Crippen LogP) is 3.52. The molecular formula is C29H22O10.